The molecule has 1 heterocycles. The quantitative estimate of drug-likeness (QED) is 0.447. The van der Waals surface area contributed by atoms with E-state index in [1.54, 1.807) is 7.11 Å². The molecule has 1 aromatic heterocycles. The summed E-state index contributed by atoms with van der Waals surface area (Å²) in [5, 5.41) is 9.38. The third-order valence-electron chi connectivity index (χ3n) is 4.06. The summed E-state index contributed by atoms with van der Waals surface area (Å²) in [7, 11) is 1.66. The van der Waals surface area contributed by atoms with E-state index in [-0.39, 0.29) is 5.78 Å². The molecule has 3 aromatic rings. The normalized spacial score (nSPS) is 10.7. The van der Waals surface area contributed by atoms with Gasteiger partial charge < -0.3 is 9.30 Å². The van der Waals surface area contributed by atoms with Gasteiger partial charge in [-0.05, 0) is 24.6 Å². The monoisotopic (exact) mass is 367 g/mol. The minimum absolute atomic E-state index is 0.0953. The van der Waals surface area contributed by atoms with Gasteiger partial charge in [-0.2, -0.15) is 0 Å². The number of ether oxygens (including phenoxy) is 1. The lowest BCUT2D eigenvalue weighted by Gasteiger charge is -2.08. The van der Waals surface area contributed by atoms with Gasteiger partial charge in [0.05, 0.1) is 12.9 Å². The van der Waals surface area contributed by atoms with Crippen molar-refractivity contribution in [2.45, 2.75) is 25.0 Å². The molecule has 0 aliphatic carbocycles. The molecule has 0 bridgehead atoms. The van der Waals surface area contributed by atoms with Crippen molar-refractivity contribution in [3.05, 3.63) is 71.5 Å². The van der Waals surface area contributed by atoms with Crippen molar-refractivity contribution in [1.82, 2.24) is 14.8 Å². The van der Waals surface area contributed by atoms with Crippen molar-refractivity contribution in [2.75, 3.05) is 12.9 Å². The van der Waals surface area contributed by atoms with Gasteiger partial charge in [0.1, 0.15) is 11.6 Å². The van der Waals surface area contributed by atoms with Crippen LogP contribution in [0.2, 0.25) is 0 Å². The molecule has 2 aromatic carbocycles. The van der Waals surface area contributed by atoms with Gasteiger partial charge in [0.2, 0.25) is 0 Å². The van der Waals surface area contributed by atoms with E-state index in [4.69, 9.17) is 4.74 Å². The number of carbonyl (C=O) groups excluding carboxylic acids is 1. The third-order valence-corrected chi connectivity index (χ3v) is 5.03. The van der Waals surface area contributed by atoms with Crippen LogP contribution in [-0.4, -0.2) is 33.4 Å². The lowest BCUT2D eigenvalue weighted by molar-refractivity contribution is 0.102. The second-order valence-corrected chi connectivity index (χ2v) is 6.69. The first-order valence-electron chi connectivity index (χ1n) is 8.47. The highest BCUT2D eigenvalue weighted by Gasteiger charge is 2.14. The summed E-state index contributed by atoms with van der Waals surface area (Å²) in [5.74, 6) is 2.18. The first-order chi connectivity index (χ1) is 12.7. The summed E-state index contributed by atoms with van der Waals surface area (Å²) in [5.41, 5.74) is 1.87. The molecule has 0 N–H and O–H groups in total. The number of aromatic nitrogens is 3. The van der Waals surface area contributed by atoms with Crippen LogP contribution in [0.25, 0.3) is 0 Å². The van der Waals surface area contributed by atoms with Crippen molar-refractivity contribution in [1.29, 1.82) is 0 Å². The number of hydrogen-bond donors (Lipinski definition) is 0. The molecule has 0 spiro atoms. The Morgan fingerprint density at radius 3 is 2.46 bits per heavy atom. The zero-order valence-corrected chi connectivity index (χ0v) is 15.7. The van der Waals surface area contributed by atoms with Crippen LogP contribution in [0.4, 0.5) is 0 Å². The number of carbonyl (C=O) groups is 1. The van der Waals surface area contributed by atoms with Gasteiger partial charge in [-0.15, -0.1) is 10.2 Å². The first-order valence-corrected chi connectivity index (χ1v) is 9.46. The van der Waals surface area contributed by atoms with E-state index in [1.807, 2.05) is 54.6 Å². The van der Waals surface area contributed by atoms with Crippen LogP contribution in [0, 0.1) is 0 Å². The highest BCUT2D eigenvalue weighted by atomic mass is 32.2. The molecule has 0 amide bonds. The van der Waals surface area contributed by atoms with E-state index in [0.717, 1.165) is 34.4 Å². The molecule has 134 valence electrons. The molecule has 0 unspecified atom stereocenters. The number of nitrogens with zero attached hydrogens (tertiary/aromatic N) is 3. The van der Waals surface area contributed by atoms with E-state index in [2.05, 4.69) is 21.7 Å². The fourth-order valence-corrected chi connectivity index (χ4v) is 3.55. The van der Waals surface area contributed by atoms with Crippen LogP contribution >= 0.6 is 11.8 Å². The van der Waals surface area contributed by atoms with Crippen molar-refractivity contribution < 1.29 is 9.53 Å². The predicted octanol–water partition coefficient (Wildman–Crippen LogP) is 3.87. The average Bonchev–Trinajstić information content (AvgIpc) is 3.08. The molecule has 0 atom stereocenters. The Kier molecular flexibility index (Phi) is 6.07. The van der Waals surface area contributed by atoms with Crippen LogP contribution in [0.15, 0.2) is 59.8 Å². The number of ketones is 1. The van der Waals surface area contributed by atoms with Crippen molar-refractivity contribution in [3.8, 4) is 5.75 Å². The molecule has 0 saturated carbocycles. The Labute approximate surface area is 157 Å². The zero-order chi connectivity index (χ0) is 18.4. The van der Waals surface area contributed by atoms with Gasteiger partial charge in [0.25, 0.3) is 0 Å². The maximum Gasteiger partial charge on any atom is 0.191 e. The summed E-state index contributed by atoms with van der Waals surface area (Å²) in [6.07, 6.45) is 0.692. The maximum atomic E-state index is 12.3. The molecule has 3 rings (SSSR count). The molecule has 6 heteroatoms. The minimum atomic E-state index is 0.0953. The number of benzene rings is 2. The SMILES string of the molecule is CCn1c(Cc2ccc(OC)cc2)nnc1SCC(=O)c1ccccc1. The van der Waals surface area contributed by atoms with Gasteiger partial charge in [-0.3, -0.25) is 4.79 Å². The van der Waals surface area contributed by atoms with Crippen LogP contribution in [-0.2, 0) is 13.0 Å². The second-order valence-electron chi connectivity index (χ2n) is 5.75. The lowest BCUT2D eigenvalue weighted by Crippen LogP contribution is -2.06. The molecular weight excluding hydrogens is 346 g/mol. The number of Topliss-reactive ketones (excluding diaryl/α,β-unsaturated/α-hetero) is 1. The Hall–Kier alpha value is -2.60. The molecular formula is C20H21N3O2S. The second kappa shape index (κ2) is 8.67. The average molecular weight is 367 g/mol. The van der Waals surface area contributed by atoms with Crippen molar-refractivity contribution >= 4 is 17.5 Å². The largest absolute Gasteiger partial charge is 0.497 e. The lowest BCUT2D eigenvalue weighted by atomic mass is 10.1. The van der Waals surface area contributed by atoms with E-state index in [0.29, 0.717) is 12.2 Å². The topological polar surface area (TPSA) is 57.0 Å². The van der Waals surface area contributed by atoms with Crippen LogP contribution in [0.1, 0.15) is 28.7 Å². The molecule has 0 aliphatic rings. The summed E-state index contributed by atoms with van der Waals surface area (Å²) < 4.78 is 7.25. The molecule has 26 heavy (non-hydrogen) atoms. The van der Waals surface area contributed by atoms with E-state index < -0.39 is 0 Å². The van der Waals surface area contributed by atoms with Crippen molar-refractivity contribution in [3.63, 3.8) is 0 Å². The van der Waals surface area contributed by atoms with Gasteiger partial charge in [-0.1, -0.05) is 54.2 Å². The van der Waals surface area contributed by atoms with Crippen LogP contribution < -0.4 is 4.74 Å². The molecule has 0 aliphatic heterocycles. The highest BCUT2D eigenvalue weighted by Crippen LogP contribution is 2.21. The van der Waals surface area contributed by atoms with E-state index >= 15 is 0 Å². The number of rotatable bonds is 8. The summed E-state index contributed by atoms with van der Waals surface area (Å²) in [6, 6.07) is 17.3. The Balaban J connectivity index is 1.68. The Morgan fingerprint density at radius 2 is 1.81 bits per heavy atom. The minimum Gasteiger partial charge on any atom is -0.497 e. The fraction of sp³-hybridized carbons (Fsp3) is 0.250. The first kappa shape index (κ1) is 18.2. The van der Waals surface area contributed by atoms with E-state index in [9.17, 15) is 4.79 Å². The van der Waals surface area contributed by atoms with Crippen LogP contribution in [0.5, 0.6) is 5.75 Å². The van der Waals surface area contributed by atoms with E-state index in [1.165, 1.54) is 11.8 Å². The van der Waals surface area contributed by atoms with Gasteiger partial charge in [0.15, 0.2) is 10.9 Å². The number of methoxy groups -OCH3 is 1. The number of hydrogen-bond acceptors (Lipinski definition) is 5. The smallest absolute Gasteiger partial charge is 0.191 e. The molecule has 0 fully saturated rings. The zero-order valence-electron chi connectivity index (χ0n) is 14.9. The molecule has 0 saturated heterocycles. The van der Waals surface area contributed by atoms with Gasteiger partial charge in [-0.25, -0.2) is 0 Å². The highest BCUT2D eigenvalue weighted by molar-refractivity contribution is 7.99. The third kappa shape index (κ3) is 4.32. The summed E-state index contributed by atoms with van der Waals surface area (Å²) in [6.45, 7) is 2.82. The maximum absolute atomic E-state index is 12.3. The molecule has 0 radical (unpaired) electrons. The van der Waals surface area contributed by atoms with Crippen molar-refractivity contribution in [2.24, 2.45) is 0 Å². The number of thioether (sulfide) groups is 1. The predicted molar refractivity (Wildman–Crippen MR) is 103 cm³/mol. The van der Waals surface area contributed by atoms with Crippen LogP contribution in [0.3, 0.4) is 0 Å². The fourth-order valence-electron chi connectivity index (χ4n) is 2.64. The summed E-state index contributed by atoms with van der Waals surface area (Å²) >= 11 is 1.43. The Morgan fingerprint density at radius 1 is 1.08 bits per heavy atom. The van der Waals surface area contributed by atoms with Gasteiger partial charge in [0, 0.05) is 18.5 Å². The standard InChI is InChI=1S/C20H21N3O2S/c1-3-23-19(13-15-9-11-17(25-2)12-10-15)21-22-20(23)26-14-18(24)16-7-5-4-6-8-16/h4-12H,3,13-14H2,1-2H3. The summed E-state index contributed by atoms with van der Waals surface area (Å²) in [4.78, 5) is 12.3. The Bertz CT molecular complexity index is 861. The molecule has 5 nitrogen and oxygen atoms in total. The van der Waals surface area contributed by atoms with Gasteiger partial charge >= 0.3 is 0 Å².